The lowest BCUT2D eigenvalue weighted by molar-refractivity contribution is 0.320. The van der Waals surface area contributed by atoms with Crippen LogP contribution in [-0.4, -0.2) is 39.3 Å². The van der Waals surface area contributed by atoms with E-state index in [9.17, 15) is 0 Å². The van der Waals surface area contributed by atoms with E-state index in [0.29, 0.717) is 6.54 Å². The molecule has 0 amide bonds. The van der Waals surface area contributed by atoms with Crippen molar-refractivity contribution in [2.75, 3.05) is 20.2 Å². The number of ether oxygens (including phenoxy) is 1. The third-order valence-corrected chi connectivity index (χ3v) is 6.47. The third kappa shape index (κ3) is 3.77. The Morgan fingerprint density at radius 1 is 1.21 bits per heavy atom. The van der Waals surface area contributed by atoms with E-state index in [0.717, 1.165) is 52.1 Å². The fourth-order valence-corrected chi connectivity index (χ4v) is 4.72. The summed E-state index contributed by atoms with van der Waals surface area (Å²) in [6, 6.07) is 16.8. The van der Waals surface area contributed by atoms with Crippen molar-refractivity contribution in [3.05, 3.63) is 94.3 Å². The second kappa shape index (κ2) is 8.82. The lowest BCUT2D eigenvalue weighted by Gasteiger charge is -2.33. The van der Waals surface area contributed by atoms with Crippen molar-refractivity contribution in [3.8, 4) is 11.4 Å². The molecule has 1 atom stereocenters. The molecule has 1 unspecified atom stereocenters. The number of nitrogens with one attached hydrogen (secondary N) is 1. The van der Waals surface area contributed by atoms with Crippen molar-refractivity contribution < 1.29 is 4.74 Å². The number of rotatable bonds is 5. The number of methoxy groups -OCH3 is 1. The standard InChI is InChI=1S/C27H30N6O/c1-5-28-25-22(15-20-11-12-23(24(16-20)34-4)32-17-19(2)30-18-32)31-26-29-14-13-27(3,33(25)26)21-9-7-6-8-10-21/h6-12,15-18H,5,13-14H2,1-4H3,(H,29,31)/b22-15-,28-25?. The number of nitrogens with zero attached hydrogens (tertiary/aromatic N) is 5. The molecule has 3 heterocycles. The van der Waals surface area contributed by atoms with E-state index in [2.05, 4.69) is 76.9 Å². The largest absolute Gasteiger partial charge is 0.495 e. The topological polar surface area (TPSA) is 72.5 Å². The highest BCUT2D eigenvalue weighted by molar-refractivity contribution is 5.58. The summed E-state index contributed by atoms with van der Waals surface area (Å²) in [5.41, 5.74) is 5.74. The molecule has 0 saturated heterocycles. The highest BCUT2D eigenvalue weighted by Crippen LogP contribution is 2.28. The zero-order valence-corrected chi connectivity index (χ0v) is 20.1. The molecular formula is C27H30N6O. The molecule has 1 aliphatic rings. The van der Waals surface area contributed by atoms with Gasteiger partial charge in [-0.15, -0.1) is 0 Å². The molecule has 34 heavy (non-hydrogen) atoms. The second-order valence-corrected chi connectivity index (χ2v) is 8.77. The molecule has 4 aromatic rings. The first-order valence-electron chi connectivity index (χ1n) is 11.7. The van der Waals surface area contributed by atoms with Crippen molar-refractivity contribution in [3.63, 3.8) is 0 Å². The molecule has 0 aliphatic carbocycles. The van der Waals surface area contributed by atoms with Gasteiger partial charge in [-0.05, 0) is 56.5 Å². The maximum Gasteiger partial charge on any atom is 0.205 e. The monoisotopic (exact) mass is 454 g/mol. The molecule has 0 radical (unpaired) electrons. The van der Waals surface area contributed by atoms with Crippen LogP contribution in [0.3, 0.4) is 0 Å². The van der Waals surface area contributed by atoms with Gasteiger partial charge in [0, 0.05) is 19.3 Å². The molecule has 0 spiro atoms. The quantitative estimate of drug-likeness (QED) is 0.504. The first-order chi connectivity index (χ1) is 16.5. The molecule has 0 fully saturated rings. The van der Waals surface area contributed by atoms with Crippen LogP contribution in [-0.2, 0) is 5.54 Å². The number of hydrogen-bond acceptors (Lipinski definition) is 4. The molecule has 5 rings (SSSR count). The van der Waals surface area contributed by atoms with Gasteiger partial charge in [0.25, 0.3) is 0 Å². The molecule has 174 valence electrons. The van der Waals surface area contributed by atoms with Gasteiger partial charge < -0.3 is 14.3 Å². The fraction of sp³-hybridized carbons (Fsp3) is 0.296. The van der Waals surface area contributed by atoms with E-state index in [1.54, 1.807) is 13.4 Å². The molecule has 7 nitrogen and oxygen atoms in total. The molecule has 0 saturated carbocycles. The highest BCUT2D eigenvalue weighted by atomic mass is 16.5. The Kier molecular flexibility index (Phi) is 5.69. The Labute approximate surface area is 198 Å². The van der Waals surface area contributed by atoms with Crippen LogP contribution in [0, 0.1) is 6.92 Å². The van der Waals surface area contributed by atoms with Crippen LogP contribution in [0.1, 0.15) is 37.1 Å². The minimum atomic E-state index is -0.226. The van der Waals surface area contributed by atoms with Gasteiger partial charge in [0.05, 0.1) is 35.7 Å². The van der Waals surface area contributed by atoms with E-state index in [-0.39, 0.29) is 5.54 Å². The number of fused-ring (bicyclic) bond motifs is 1. The van der Waals surface area contributed by atoms with Crippen molar-refractivity contribution in [2.24, 2.45) is 9.98 Å². The predicted molar refractivity (Wildman–Crippen MR) is 133 cm³/mol. The molecule has 2 aromatic carbocycles. The number of benzene rings is 2. The maximum absolute atomic E-state index is 5.71. The number of imidazole rings is 2. The minimum Gasteiger partial charge on any atom is -0.495 e. The van der Waals surface area contributed by atoms with Gasteiger partial charge in [0.2, 0.25) is 5.62 Å². The van der Waals surface area contributed by atoms with Crippen LogP contribution in [0.25, 0.3) is 11.8 Å². The van der Waals surface area contributed by atoms with E-state index in [4.69, 9.17) is 14.7 Å². The predicted octanol–water partition coefficient (Wildman–Crippen LogP) is 2.86. The molecule has 1 N–H and O–H groups in total. The van der Waals surface area contributed by atoms with Gasteiger partial charge in [-0.2, -0.15) is 0 Å². The summed E-state index contributed by atoms with van der Waals surface area (Å²) in [7, 11) is 1.69. The van der Waals surface area contributed by atoms with E-state index >= 15 is 0 Å². The van der Waals surface area contributed by atoms with Crippen molar-refractivity contribution >= 4 is 6.08 Å². The number of H-pyrrole nitrogens is 1. The molecule has 1 aliphatic heterocycles. The normalized spacial score (nSPS) is 18.6. The van der Waals surface area contributed by atoms with Crippen LogP contribution in [0.15, 0.2) is 71.0 Å². The number of aromatic amines is 1. The van der Waals surface area contributed by atoms with Gasteiger partial charge in [-0.1, -0.05) is 36.4 Å². The van der Waals surface area contributed by atoms with Crippen LogP contribution in [0.4, 0.5) is 0 Å². The molecule has 0 bridgehead atoms. The van der Waals surface area contributed by atoms with Gasteiger partial charge in [-0.25, -0.2) is 4.98 Å². The average Bonchev–Trinajstić information content (AvgIpc) is 3.44. The number of hydrogen-bond donors (Lipinski definition) is 1. The lowest BCUT2D eigenvalue weighted by atomic mass is 9.87. The lowest BCUT2D eigenvalue weighted by Crippen LogP contribution is -2.49. The van der Waals surface area contributed by atoms with Gasteiger partial charge >= 0.3 is 0 Å². The van der Waals surface area contributed by atoms with Gasteiger partial charge in [0.15, 0.2) is 5.49 Å². The summed E-state index contributed by atoms with van der Waals surface area (Å²) >= 11 is 0. The van der Waals surface area contributed by atoms with E-state index in [1.807, 2.05) is 23.8 Å². The highest BCUT2D eigenvalue weighted by Gasteiger charge is 2.33. The molecular weight excluding hydrogens is 424 g/mol. The smallest absolute Gasteiger partial charge is 0.205 e. The molecule has 2 aromatic heterocycles. The summed E-state index contributed by atoms with van der Waals surface area (Å²) in [5.74, 6) is 0.780. The second-order valence-electron chi connectivity index (χ2n) is 8.77. The van der Waals surface area contributed by atoms with E-state index < -0.39 is 0 Å². The first kappa shape index (κ1) is 21.9. The Balaban J connectivity index is 1.68. The number of aryl methyl sites for hydroxylation is 1. The summed E-state index contributed by atoms with van der Waals surface area (Å²) in [4.78, 5) is 17.6. The summed E-state index contributed by atoms with van der Waals surface area (Å²) in [5, 5.41) is 0.943. The zero-order chi connectivity index (χ0) is 23.7. The van der Waals surface area contributed by atoms with Crippen LogP contribution < -0.4 is 21.2 Å². The molecule has 7 heteroatoms. The van der Waals surface area contributed by atoms with Gasteiger partial charge in [0.1, 0.15) is 5.75 Å². The Morgan fingerprint density at radius 2 is 2.03 bits per heavy atom. The van der Waals surface area contributed by atoms with Crippen LogP contribution >= 0.6 is 0 Å². The van der Waals surface area contributed by atoms with Crippen molar-refractivity contribution in [1.82, 2.24) is 19.1 Å². The Bertz CT molecular complexity index is 1510. The van der Waals surface area contributed by atoms with Gasteiger partial charge in [-0.3, -0.25) is 14.6 Å². The van der Waals surface area contributed by atoms with Crippen LogP contribution in [0.5, 0.6) is 5.75 Å². The van der Waals surface area contributed by atoms with E-state index in [1.165, 1.54) is 5.56 Å². The minimum absolute atomic E-state index is 0.226. The fourth-order valence-electron chi connectivity index (χ4n) is 4.72. The van der Waals surface area contributed by atoms with Crippen molar-refractivity contribution in [1.29, 1.82) is 0 Å². The van der Waals surface area contributed by atoms with Crippen molar-refractivity contribution in [2.45, 2.75) is 32.7 Å². The summed E-state index contributed by atoms with van der Waals surface area (Å²) < 4.78 is 9.95. The number of aromatic nitrogens is 4. The maximum atomic E-state index is 5.71. The zero-order valence-electron chi connectivity index (χ0n) is 20.1. The average molecular weight is 455 g/mol. The van der Waals surface area contributed by atoms with Crippen LogP contribution in [0.2, 0.25) is 0 Å². The first-order valence-corrected chi connectivity index (χ1v) is 11.7. The Hall–Kier alpha value is -3.87. The SMILES string of the molecule is CCN=c1/c(=C/c2ccc(-n3cnc(C)c3)c(OC)c2)[nH]c2n1C(C)(c1ccccc1)CCN=2. The Morgan fingerprint density at radius 3 is 2.74 bits per heavy atom. The summed E-state index contributed by atoms with van der Waals surface area (Å²) in [6.45, 7) is 7.77. The summed E-state index contributed by atoms with van der Waals surface area (Å²) in [6.07, 6.45) is 6.83. The third-order valence-electron chi connectivity index (χ3n) is 6.47.